The molecule has 0 aliphatic heterocycles. The molecule has 0 radical (unpaired) electrons. The van der Waals surface area contributed by atoms with Crippen molar-refractivity contribution in [2.75, 3.05) is 18.6 Å². The Morgan fingerprint density at radius 3 is 2.60 bits per heavy atom. The van der Waals surface area contributed by atoms with E-state index in [1.165, 1.54) is 18.9 Å². The molecule has 8 heteroatoms. The minimum absolute atomic E-state index is 0.142. The molecule has 6 nitrogen and oxygen atoms in total. The summed E-state index contributed by atoms with van der Waals surface area (Å²) in [5.41, 5.74) is 0.658. The smallest absolute Gasteiger partial charge is 0.337 e. The third-order valence-electron chi connectivity index (χ3n) is 4.40. The molecule has 0 spiro atoms. The summed E-state index contributed by atoms with van der Waals surface area (Å²) in [6.07, 6.45) is 0. The van der Waals surface area contributed by atoms with Crippen LogP contribution in [0.15, 0.2) is 63.4 Å². The van der Waals surface area contributed by atoms with Gasteiger partial charge in [0.2, 0.25) is 0 Å². The minimum atomic E-state index is -1.12. The summed E-state index contributed by atoms with van der Waals surface area (Å²) in [5.74, 6) is 0.785. The molecule has 0 saturated carbocycles. The van der Waals surface area contributed by atoms with Crippen LogP contribution in [-0.2, 0) is 22.1 Å². The van der Waals surface area contributed by atoms with Gasteiger partial charge in [0.1, 0.15) is 0 Å². The lowest BCUT2D eigenvalue weighted by molar-refractivity contribution is 0.0601. The fourth-order valence-corrected chi connectivity index (χ4v) is 5.27. The molecule has 3 aromatic rings. The third-order valence-corrected chi connectivity index (χ3v) is 7.00. The monoisotopic (exact) mass is 444 g/mol. The standard InChI is InChI=1S/C22H24N2O4S2/c1-15(2)14-24-20(25)18-10-9-16(21(26)28-3)13-19(18)23-22(24)29-11-12-30(27)17-7-5-4-6-8-17/h4-10,13,15H,11-12,14H2,1-3H3/t30-/m0/s1. The number of carbonyl (C=O) groups excluding carboxylic acids is 1. The van der Waals surface area contributed by atoms with Gasteiger partial charge in [-0.15, -0.1) is 0 Å². The van der Waals surface area contributed by atoms with Gasteiger partial charge in [0.25, 0.3) is 5.56 Å². The highest BCUT2D eigenvalue weighted by molar-refractivity contribution is 8.00. The maximum atomic E-state index is 13.1. The molecule has 3 rings (SSSR count). The first-order valence-corrected chi connectivity index (χ1v) is 11.9. The van der Waals surface area contributed by atoms with Gasteiger partial charge in [0.05, 0.1) is 34.4 Å². The predicted molar refractivity (Wildman–Crippen MR) is 121 cm³/mol. The number of hydrogen-bond acceptors (Lipinski definition) is 6. The fourth-order valence-electron chi connectivity index (χ4n) is 2.98. The highest BCUT2D eigenvalue weighted by Crippen LogP contribution is 2.21. The van der Waals surface area contributed by atoms with Crippen molar-refractivity contribution in [3.63, 3.8) is 0 Å². The molecule has 158 valence electrons. The first kappa shape index (κ1) is 22.2. The molecule has 0 saturated heterocycles. The van der Waals surface area contributed by atoms with Gasteiger partial charge in [0, 0.05) is 22.9 Å². The van der Waals surface area contributed by atoms with Crippen molar-refractivity contribution >= 4 is 39.4 Å². The Bertz CT molecular complexity index is 1130. The Kier molecular flexibility index (Phi) is 7.44. The zero-order valence-corrected chi connectivity index (χ0v) is 18.8. The van der Waals surface area contributed by atoms with Crippen LogP contribution in [0, 0.1) is 5.92 Å². The number of thioether (sulfide) groups is 1. The van der Waals surface area contributed by atoms with Crippen LogP contribution in [0.2, 0.25) is 0 Å². The molecule has 2 aromatic carbocycles. The van der Waals surface area contributed by atoms with Crippen molar-refractivity contribution in [3.8, 4) is 0 Å². The second-order valence-electron chi connectivity index (χ2n) is 7.14. The van der Waals surface area contributed by atoms with Gasteiger partial charge in [-0.1, -0.05) is 43.8 Å². The van der Waals surface area contributed by atoms with Crippen LogP contribution in [0.3, 0.4) is 0 Å². The molecule has 0 fully saturated rings. The number of nitrogens with zero attached hydrogens (tertiary/aromatic N) is 2. The Morgan fingerprint density at radius 2 is 1.93 bits per heavy atom. The Morgan fingerprint density at radius 1 is 1.20 bits per heavy atom. The molecule has 0 aliphatic rings. The van der Waals surface area contributed by atoms with E-state index in [0.29, 0.717) is 39.7 Å². The van der Waals surface area contributed by atoms with Crippen molar-refractivity contribution in [1.29, 1.82) is 0 Å². The van der Waals surface area contributed by atoms with Crippen molar-refractivity contribution in [1.82, 2.24) is 9.55 Å². The number of hydrogen-bond donors (Lipinski definition) is 0. The van der Waals surface area contributed by atoms with Crippen molar-refractivity contribution in [2.45, 2.75) is 30.4 Å². The molecule has 0 unspecified atom stereocenters. The zero-order chi connectivity index (χ0) is 21.7. The fraction of sp³-hybridized carbons (Fsp3) is 0.318. The van der Waals surface area contributed by atoms with Crippen molar-refractivity contribution in [3.05, 3.63) is 64.4 Å². The largest absolute Gasteiger partial charge is 0.465 e. The molecule has 0 bridgehead atoms. The van der Waals surface area contributed by atoms with E-state index in [1.54, 1.807) is 22.8 Å². The van der Waals surface area contributed by atoms with Crippen molar-refractivity contribution in [2.24, 2.45) is 5.92 Å². The van der Waals surface area contributed by atoms with E-state index >= 15 is 0 Å². The number of fused-ring (bicyclic) bond motifs is 1. The molecule has 1 aromatic heterocycles. The van der Waals surface area contributed by atoms with E-state index in [1.807, 2.05) is 44.2 Å². The number of methoxy groups -OCH3 is 1. The summed E-state index contributed by atoms with van der Waals surface area (Å²) in [7, 11) is 0.199. The first-order valence-electron chi connectivity index (χ1n) is 9.60. The molecular weight excluding hydrogens is 420 g/mol. The minimum Gasteiger partial charge on any atom is -0.465 e. The summed E-state index contributed by atoms with van der Waals surface area (Å²) < 4.78 is 18.9. The maximum Gasteiger partial charge on any atom is 0.337 e. The summed E-state index contributed by atoms with van der Waals surface area (Å²) in [6.45, 7) is 4.61. The lowest BCUT2D eigenvalue weighted by atomic mass is 10.1. The highest BCUT2D eigenvalue weighted by atomic mass is 32.2. The van der Waals surface area contributed by atoms with Gasteiger partial charge in [-0.05, 0) is 36.2 Å². The number of benzene rings is 2. The van der Waals surface area contributed by atoms with Crippen LogP contribution in [0.1, 0.15) is 24.2 Å². The van der Waals surface area contributed by atoms with E-state index in [4.69, 9.17) is 4.74 Å². The Balaban J connectivity index is 1.91. The van der Waals surface area contributed by atoms with E-state index in [2.05, 4.69) is 4.98 Å². The van der Waals surface area contributed by atoms with Gasteiger partial charge >= 0.3 is 5.97 Å². The number of carbonyl (C=O) groups is 1. The number of ether oxygens (including phenoxy) is 1. The second kappa shape index (κ2) is 10.0. The number of aromatic nitrogens is 2. The van der Waals surface area contributed by atoms with Gasteiger partial charge in [-0.3, -0.25) is 13.6 Å². The normalized spacial score (nSPS) is 12.3. The summed E-state index contributed by atoms with van der Waals surface area (Å²) in [6, 6.07) is 14.1. The molecule has 0 aliphatic carbocycles. The van der Waals surface area contributed by atoms with Crippen LogP contribution < -0.4 is 5.56 Å². The van der Waals surface area contributed by atoms with Crippen LogP contribution in [0.5, 0.6) is 0 Å². The highest BCUT2D eigenvalue weighted by Gasteiger charge is 2.15. The number of rotatable bonds is 8. The Hall–Kier alpha value is -2.45. The van der Waals surface area contributed by atoms with Gasteiger partial charge in [-0.2, -0.15) is 0 Å². The van der Waals surface area contributed by atoms with Gasteiger partial charge in [-0.25, -0.2) is 9.78 Å². The number of esters is 1. The van der Waals surface area contributed by atoms with Gasteiger partial charge < -0.3 is 4.74 Å². The zero-order valence-electron chi connectivity index (χ0n) is 17.2. The molecule has 30 heavy (non-hydrogen) atoms. The lowest BCUT2D eigenvalue weighted by Crippen LogP contribution is -2.26. The average Bonchev–Trinajstić information content (AvgIpc) is 2.75. The molecule has 0 amide bonds. The third kappa shape index (κ3) is 5.17. The molecule has 1 atom stereocenters. The molecule has 1 heterocycles. The second-order valence-corrected chi connectivity index (χ2v) is 9.77. The first-order chi connectivity index (χ1) is 14.4. The quantitative estimate of drug-likeness (QED) is 0.299. The van der Waals surface area contributed by atoms with Crippen LogP contribution >= 0.6 is 11.8 Å². The van der Waals surface area contributed by atoms with E-state index in [9.17, 15) is 13.8 Å². The van der Waals surface area contributed by atoms with Crippen LogP contribution in [0.25, 0.3) is 10.9 Å². The topological polar surface area (TPSA) is 78.3 Å². The SMILES string of the molecule is COC(=O)c1ccc2c(=O)n(CC(C)C)c(SCC[S@](=O)c3ccccc3)nc2c1. The van der Waals surface area contributed by atoms with E-state index in [0.717, 1.165) is 4.90 Å². The predicted octanol–water partition coefficient (Wildman–Crippen LogP) is 3.74. The van der Waals surface area contributed by atoms with E-state index < -0.39 is 16.8 Å². The lowest BCUT2D eigenvalue weighted by Gasteiger charge is -2.15. The average molecular weight is 445 g/mol. The summed E-state index contributed by atoms with van der Waals surface area (Å²) in [5, 5.41) is 1.02. The van der Waals surface area contributed by atoms with E-state index in [-0.39, 0.29) is 11.5 Å². The maximum absolute atomic E-state index is 13.1. The van der Waals surface area contributed by atoms with Crippen LogP contribution in [-0.4, -0.2) is 38.3 Å². The summed E-state index contributed by atoms with van der Waals surface area (Å²) in [4.78, 5) is 30.4. The van der Waals surface area contributed by atoms with Crippen molar-refractivity contribution < 1.29 is 13.7 Å². The molecular formula is C22H24N2O4S2. The summed E-state index contributed by atoms with van der Waals surface area (Å²) >= 11 is 1.40. The van der Waals surface area contributed by atoms with Gasteiger partial charge in [0.15, 0.2) is 5.16 Å². The van der Waals surface area contributed by atoms with Crippen LogP contribution in [0.4, 0.5) is 0 Å². The molecule has 0 N–H and O–H groups in total. The Labute approximate surface area is 182 Å².